The van der Waals surface area contributed by atoms with Crippen molar-refractivity contribution >= 4 is 28.7 Å². The van der Waals surface area contributed by atoms with Crippen LogP contribution in [0.1, 0.15) is 62.3 Å². The molecular formula is C37H45FN6O7. The average Bonchev–Trinajstić information content (AvgIpc) is 3.47. The number of likely N-dealkylation sites (N-methyl/N-ethyl adjacent to an activating group) is 1. The van der Waals surface area contributed by atoms with Crippen molar-refractivity contribution in [2.45, 2.75) is 59.4 Å². The van der Waals surface area contributed by atoms with Crippen molar-refractivity contribution in [2.75, 3.05) is 58.4 Å². The molecule has 0 radical (unpaired) electrons. The van der Waals surface area contributed by atoms with Gasteiger partial charge in [0, 0.05) is 56.9 Å². The fraction of sp³-hybridized carbons (Fsp3) is 0.459. The van der Waals surface area contributed by atoms with E-state index in [4.69, 9.17) is 24.0 Å². The number of piperazine rings is 1. The Kier molecular flexibility index (Phi) is 9.87. The molecule has 4 heterocycles. The molecule has 51 heavy (non-hydrogen) atoms. The third-order valence-corrected chi connectivity index (χ3v) is 9.17. The van der Waals surface area contributed by atoms with Crippen molar-refractivity contribution in [2.24, 2.45) is 0 Å². The van der Waals surface area contributed by atoms with Crippen LogP contribution in [0, 0.1) is 5.82 Å². The fourth-order valence-electron chi connectivity index (χ4n) is 6.65. The van der Waals surface area contributed by atoms with Crippen molar-refractivity contribution in [3.05, 3.63) is 75.5 Å². The van der Waals surface area contributed by atoms with E-state index in [2.05, 4.69) is 0 Å². The summed E-state index contributed by atoms with van der Waals surface area (Å²) in [6.45, 7) is 12.0. The first-order valence-electron chi connectivity index (χ1n) is 17.1. The third-order valence-electron chi connectivity index (χ3n) is 9.17. The molecule has 0 spiro atoms. The Morgan fingerprint density at radius 2 is 1.71 bits per heavy atom. The maximum atomic E-state index is 14.6. The zero-order valence-corrected chi connectivity index (χ0v) is 30.2. The first-order chi connectivity index (χ1) is 24.3. The Morgan fingerprint density at radius 1 is 1.00 bits per heavy atom. The normalized spacial score (nSPS) is 16.4. The van der Waals surface area contributed by atoms with Crippen molar-refractivity contribution < 1.29 is 32.9 Å². The largest absolute Gasteiger partial charge is 0.497 e. The monoisotopic (exact) mass is 704 g/mol. The number of aromatic nitrogens is 3. The van der Waals surface area contributed by atoms with Crippen molar-refractivity contribution in [1.82, 2.24) is 24.1 Å². The van der Waals surface area contributed by atoms with Gasteiger partial charge in [0.1, 0.15) is 40.4 Å². The van der Waals surface area contributed by atoms with Crippen LogP contribution in [0.2, 0.25) is 0 Å². The lowest BCUT2D eigenvalue weighted by atomic mass is 10.2. The molecule has 2 aromatic carbocycles. The van der Waals surface area contributed by atoms with Gasteiger partial charge in [0.15, 0.2) is 17.3 Å². The Bertz CT molecular complexity index is 1990. The van der Waals surface area contributed by atoms with Crippen LogP contribution in [0.15, 0.2) is 47.3 Å². The molecule has 2 aliphatic heterocycles. The van der Waals surface area contributed by atoms with Gasteiger partial charge in [-0.05, 0) is 58.4 Å². The van der Waals surface area contributed by atoms with Crippen LogP contribution >= 0.6 is 0 Å². The van der Waals surface area contributed by atoms with E-state index < -0.39 is 23.1 Å². The number of ether oxygens (including phenoxy) is 4. The van der Waals surface area contributed by atoms with Gasteiger partial charge in [0.05, 0.1) is 20.8 Å². The van der Waals surface area contributed by atoms with E-state index in [1.165, 1.54) is 23.9 Å². The predicted octanol–water partition coefficient (Wildman–Crippen LogP) is 5.08. The average molecular weight is 705 g/mol. The van der Waals surface area contributed by atoms with E-state index in [1.54, 1.807) is 23.0 Å². The summed E-state index contributed by atoms with van der Waals surface area (Å²) in [5, 5.41) is 5.16. The molecule has 4 aromatic rings. The molecule has 1 atom stereocenters. The second-order valence-electron chi connectivity index (χ2n) is 13.8. The Labute approximate surface area is 296 Å². The minimum absolute atomic E-state index is 0.0495. The summed E-state index contributed by atoms with van der Waals surface area (Å²) in [5.41, 5.74) is 1.08. The first kappa shape index (κ1) is 35.6. The highest BCUT2D eigenvalue weighted by molar-refractivity contribution is 6.07. The Hall–Kier alpha value is -5.27. The standard InChI is InChI=1S/C37H45FN6O7/c1-8-40-20-23(2)44-30-29(32(49-7)31(44)35(40)46)34(45)43(39-33(30)41-15-17-42(18-16-41)36(47)51-37(3,4)5)21-25-11-12-26(38)19-28(25)50-22-24-9-13-27(48-6)14-10-24/h9-14,19,23H,8,15-18,20-22H2,1-7H3/t23-/m0/s1. The molecule has 13 nitrogen and oxygen atoms in total. The summed E-state index contributed by atoms with van der Waals surface area (Å²) in [6, 6.07) is 11.3. The molecule has 1 saturated heterocycles. The lowest BCUT2D eigenvalue weighted by Gasteiger charge is -2.37. The predicted molar refractivity (Wildman–Crippen MR) is 190 cm³/mol. The minimum Gasteiger partial charge on any atom is -0.497 e. The third kappa shape index (κ3) is 7.04. The molecule has 0 saturated carbocycles. The highest BCUT2D eigenvalue weighted by Crippen LogP contribution is 2.41. The van der Waals surface area contributed by atoms with Gasteiger partial charge in [-0.15, -0.1) is 5.10 Å². The molecule has 1 fully saturated rings. The van der Waals surface area contributed by atoms with Gasteiger partial charge in [-0.25, -0.2) is 13.9 Å². The summed E-state index contributed by atoms with van der Waals surface area (Å²) in [5.74, 6) is 0.905. The van der Waals surface area contributed by atoms with Crippen LogP contribution in [0.5, 0.6) is 17.2 Å². The smallest absolute Gasteiger partial charge is 0.410 e. The molecule has 272 valence electrons. The van der Waals surface area contributed by atoms with E-state index in [9.17, 15) is 18.8 Å². The molecule has 6 rings (SSSR count). The Balaban J connectivity index is 1.43. The number of benzene rings is 2. The van der Waals surface area contributed by atoms with E-state index in [0.29, 0.717) is 67.6 Å². The fourth-order valence-corrected chi connectivity index (χ4v) is 6.65. The van der Waals surface area contributed by atoms with E-state index in [0.717, 1.165) is 5.56 Å². The van der Waals surface area contributed by atoms with Crippen molar-refractivity contribution in [1.29, 1.82) is 0 Å². The number of hydrogen-bond donors (Lipinski definition) is 0. The summed E-state index contributed by atoms with van der Waals surface area (Å²) in [6.07, 6.45) is -0.399. The van der Waals surface area contributed by atoms with Crippen molar-refractivity contribution in [3.8, 4) is 17.2 Å². The molecule has 0 N–H and O–H groups in total. The summed E-state index contributed by atoms with van der Waals surface area (Å²) in [4.78, 5) is 46.6. The topological polar surface area (TPSA) is 121 Å². The van der Waals surface area contributed by atoms with Crippen LogP contribution < -0.4 is 24.7 Å². The number of halogens is 1. The number of carbonyl (C=O) groups excluding carboxylic acids is 2. The summed E-state index contributed by atoms with van der Waals surface area (Å²) >= 11 is 0. The van der Waals surface area contributed by atoms with Crippen molar-refractivity contribution in [3.63, 3.8) is 0 Å². The van der Waals surface area contributed by atoms with Gasteiger partial charge in [0.25, 0.3) is 11.5 Å². The van der Waals surface area contributed by atoms with Crippen LogP contribution in [-0.2, 0) is 17.9 Å². The van der Waals surface area contributed by atoms with Crippen LogP contribution in [0.3, 0.4) is 0 Å². The molecule has 2 amide bonds. The lowest BCUT2D eigenvalue weighted by molar-refractivity contribution is 0.0240. The van der Waals surface area contributed by atoms with Gasteiger partial charge in [-0.1, -0.05) is 18.2 Å². The minimum atomic E-state index is -0.633. The van der Waals surface area contributed by atoms with E-state index >= 15 is 0 Å². The number of amides is 2. The molecule has 2 aromatic heterocycles. The number of anilines is 1. The zero-order chi connectivity index (χ0) is 36.6. The van der Waals surface area contributed by atoms with Gasteiger partial charge >= 0.3 is 6.09 Å². The molecule has 14 heteroatoms. The lowest BCUT2D eigenvalue weighted by Crippen LogP contribution is -2.50. The van der Waals surface area contributed by atoms with Gasteiger partial charge < -0.3 is 38.2 Å². The molecule has 0 aliphatic carbocycles. The molecular weight excluding hydrogens is 659 g/mol. The first-order valence-corrected chi connectivity index (χ1v) is 17.1. The number of nitrogens with zero attached hydrogens (tertiary/aromatic N) is 6. The molecule has 0 bridgehead atoms. The highest BCUT2D eigenvalue weighted by atomic mass is 19.1. The van der Waals surface area contributed by atoms with Gasteiger partial charge in [0.2, 0.25) is 0 Å². The van der Waals surface area contributed by atoms with Gasteiger partial charge in [-0.3, -0.25) is 9.59 Å². The van der Waals surface area contributed by atoms with Crippen LogP contribution in [0.25, 0.3) is 10.9 Å². The maximum Gasteiger partial charge on any atom is 0.410 e. The van der Waals surface area contributed by atoms with Crippen LogP contribution in [-0.4, -0.2) is 95.2 Å². The second-order valence-corrected chi connectivity index (χ2v) is 13.8. The molecule has 0 unspecified atom stereocenters. The highest BCUT2D eigenvalue weighted by Gasteiger charge is 2.39. The van der Waals surface area contributed by atoms with Gasteiger partial charge in [-0.2, -0.15) is 0 Å². The zero-order valence-electron chi connectivity index (χ0n) is 30.2. The van der Waals surface area contributed by atoms with Crippen LogP contribution in [0.4, 0.5) is 15.0 Å². The number of carbonyl (C=O) groups is 2. The number of rotatable bonds is 9. The number of hydrogen-bond acceptors (Lipinski definition) is 9. The summed E-state index contributed by atoms with van der Waals surface area (Å²) in [7, 11) is 3.04. The number of fused-ring (bicyclic) bond motifs is 3. The molecule has 2 aliphatic rings. The Morgan fingerprint density at radius 3 is 2.33 bits per heavy atom. The van der Waals surface area contributed by atoms with E-state index in [-0.39, 0.29) is 42.0 Å². The SMILES string of the molecule is CCN1C[C@H](C)n2c(c(OC)c3c(=O)n(Cc4ccc(F)cc4OCc4ccc(OC)cc4)nc(N4CCN(C(=O)OC(C)(C)C)CC4)c32)C1=O. The number of methoxy groups -OCH3 is 2. The quantitative estimate of drug-likeness (QED) is 0.235. The van der Waals surface area contributed by atoms with E-state index in [1.807, 2.05) is 68.4 Å². The maximum absolute atomic E-state index is 14.6. The second kappa shape index (κ2) is 14.2. The summed E-state index contributed by atoms with van der Waals surface area (Å²) < 4.78 is 40.6.